The summed E-state index contributed by atoms with van der Waals surface area (Å²) in [4.78, 5) is 23.6. The Balaban J connectivity index is 1.92. The molecule has 0 spiro atoms. The van der Waals surface area contributed by atoms with E-state index >= 15 is 0 Å². The third-order valence-corrected chi connectivity index (χ3v) is 5.19. The van der Waals surface area contributed by atoms with Crippen molar-refractivity contribution in [1.82, 2.24) is 9.97 Å². The predicted octanol–water partition coefficient (Wildman–Crippen LogP) is 4.76. The van der Waals surface area contributed by atoms with Gasteiger partial charge in [0, 0.05) is 20.3 Å². The molecular weight excluding hydrogens is 428 g/mol. The van der Waals surface area contributed by atoms with E-state index in [9.17, 15) is 13.6 Å². The molecule has 0 saturated heterocycles. The van der Waals surface area contributed by atoms with Gasteiger partial charge >= 0.3 is 0 Å². The Morgan fingerprint density at radius 1 is 1.15 bits per heavy atom. The second-order valence-electron chi connectivity index (χ2n) is 7.66. The average Bonchev–Trinajstić information content (AvgIpc) is 2.78. The van der Waals surface area contributed by atoms with Crippen LogP contribution in [-0.4, -0.2) is 30.3 Å². The number of rotatable bonds is 6. The maximum Gasteiger partial charge on any atom is 0.203 e. The minimum Gasteiger partial charge on any atom is -0.458 e. The van der Waals surface area contributed by atoms with Crippen LogP contribution >= 0.6 is 0 Å². The summed E-state index contributed by atoms with van der Waals surface area (Å²) in [5, 5.41) is 10.8. The lowest BCUT2D eigenvalue weighted by Gasteiger charge is -2.21. The van der Waals surface area contributed by atoms with E-state index in [1.807, 2.05) is 0 Å². The molecule has 0 amide bonds. The fourth-order valence-electron chi connectivity index (χ4n) is 3.70. The molecule has 168 valence electrons. The molecule has 2 N–H and O–H groups in total. The minimum atomic E-state index is -0.719. The molecule has 0 saturated carbocycles. The second-order valence-corrected chi connectivity index (χ2v) is 7.66. The first-order valence-electron chi connectivity index (χ1n) is 10.1. The van der Waals surface area contributed by atoms with Gasteiger partial charge in [-0.05, 0) is 36.8 Å². The molecule has 33 heavy (non-hydrogen) atoms. The molecular formula is C24H21F2N5O2. The van der Waals surface area contributed by atoms with E-state index in [2.05, 4.69) is 15.3 Å². The van der Waals surface area contributed by atoms with Crippen molar-refractivity contribution in [3.05, 3.63) is 82.0 Å². The van der Waals surface area contributed by atoms with Crippen LogP contribution in [0.15, 0.2) is 58.0 Å². The highest BCUT2D eigenvalue weighted by Crippen LogP contribution is 2.32. The van der Waals surface area contributed by atoms with Gasteiger partial charge in [-0.25, -0.2) is 18.7 Å². The van der Waals surface area contributed by atoms with Gasteiger partial charge in [0.1, 0.15) is 46.3 Å². The molecule has 4 rings (SSSR count). The number of fused-ring (bicyclic) bond motifs is 1. The van der Waals surface area contributed by atoms with E-state index in [-0.39, 0.29) is 27.9 Å². The summed E-state index contributed by atoms with van der Waals surface area (Å²) < 4.78 is 34.5. The zero-order valence-corrected chi connectivity index (χ0v) is 18.2. The van der Waals surface area contributed by atoms with Crippen LogP contribution < -0.4 is 15.6 Å². The van der Waals surface area contributed by atoms with E-state index in [1.165, 1.54) is 42.7 Å². The van der Waals surface area contributed by atoms with Gasteiger partial charge in [-0.2, -0.15) is 0 Å². The molecule has 2 aromatic heterocycles. The molecule has 4 aromatic rings. The van der Waals surface area contributed by atoms with E-state index in [0.717, 1.165) is 6.21 Å². The summed E-state index contributed by atoms with van der Waals surface area (Å²) in [6.07, 6.45) is 2.49. The third-order valence-electron chi connectivity index (χ3n) is 5.19. The maximum absolute atomic E-state index is 14.5. The van der Waals surface area contributed by atoms with Crippen molar-refractivity contribution in [2.24, 2.45) is 0 Å². The molecule has 9 heteroatoms. The molecule has 2 heterocycles. The van der Waals surface area contributed by atoms with E-state index in [0.29, 0.717) is 17.2 Å². The van der Waals surface area contributed by atoms with E-state index in [4.69, 9.17) is 9.83 Å². The van der Waals surface area contributed by atoms with E-state index in [1.54, 1.807) is 32.0 Å². The summed E-state index contributed by atoms with van der Waals surface area (Å²) in [7, 11) is 3.59. The van der Waals surface area contributed by atoms with Gasteiger partial charge in [0.25, 0.3) is 0 Å². The van der Waals surface area contributed by atoms with Crippen LogP contribution in [0.4, 0.5) is 20.4 Å². The summed E-state index contributed by atoms with van der Waals surface area (Å²) >= 11 is 0. The molecule has 0 radical (unpaired) electrons. The Bertz CT molecular complexity index is 1420. The fourth-order valence-corrected chi connectivity index (χ4v) is 3.70. The zero-order chi connectivity index (χ0) is 23.7. The largest absolute Gasteiger partial charge is 0.458 e. The van der Waals surface area contributed by atoms with Gasteiger partial charge in [0.15, 0.2) is 0 Å². The maximum atomic E-state index is 14.5. The monoisotopic (exact) mass is 449 g/mol. The van der Waals surface area contributed by atoms with Gasteiger partial charge < -0.3 is 20.0 Å². The van der Waals surface area contributed by atoms with Gasteiger partial charge in [-0.3, -0.25) is 4.79 Å². The molecule has 7 nitrogen and oxygen atoms in total. The SMILES string of the molecule is CC(Nc1ncnc(N(C)C)c1C=N)c1oc2cccc(F)c2c(=O)c1-c1cccc(F)c1. The number of halogens is 2. The summed E-state index contributed by atoms with van der Waals surface area (Å²) in [5.74, 6) is -0.191. The zero-order valence-electron chi connectivity index (χ0n) is 18.2. The van der Waals surface area contributed by atoms with Gasteiger partial charge in [0.05, 0.1) is 17.2 Å². The van der Waals surface area contributed by atoms with Crippen LogP contribution in [0.25, 0.3) is 22.1 Å². The quantitative estimate of drug-likeness (QED) is 0.412. The van der Waals surface area contributed by atoms with Crippen molar-refractivity contribution in [1.29, 1.82) is 5.41 Å². The first-order chi connectivity index (χ1) is 15.8. The number of nitrogens with zero attached hydrogens (tertiary/aromatic N) is 3. The Kier molecular flexibility index (Phi) is 5.87. The number of benzene rings is 2. The van der Waals surface area contributed by atoms with Gasteiger partial charge in [0.2, 0.25) is 5.43 Å². The topological polar surface area (TPSA) is 95.1 Å². The molecule has 1 atom stereocenters. The van der Waals surface area contributed by atoms with Gasteiger partial charge in [-0.1, -0.05) is 18.2 Å². The predicted molar refractivity (Wildman–Crippen MR) is 124 cm³/mol. The second kappa shape index (κ2) is 8.78. The normalized spacial score (nSPS) is 11.9. The molecule has 0 aliphatic carbocycles. The van der Waals surface area contributed by atoms with Crippen molar-refractivity contribution in [2.45, 2.75) is 13.0 Å². The summed E-state index contributed by atoms with van der Waals surface area (Å²) in [6, 6.07) is 8.98. The highest BCUT2D eigenvalue weighted by molar-refractivity contribution is 5.91. The third kappa shape index (κ3) is 4.05. The average molecular weight is 449 g/mol. The lowest BCUT2D eigenvalue weighted by atomic mass is 9.98. The number of nitrogens with one attached hydrogen (secondary N) is 2. The van der Waals surface area contributed by atoms with Crippen LogP contribution in [-0.2, 0) is 0 Å². The van der Waals surface area contributed by atoms with Crippen LogP contribution in [0, 0.1) is 17.0 Å². The number of aromatic nitrogens is 2. The standard InChI is InChI=1S/C24H21F2N5O2/c1-13(30-23-16(11-27)24(31(2)3)29-12-28-23)22-19(14-6-4-7-15(25)10-14)21(32)20-17(26)8-5-9-18(20)33-22/h4-13,27H,1-3H3,(H,28,29,30). The van der Waals surface area contributed by atoms with Crippen molar-refractivity contribution in [3.63, 3.8) is 0 Å². The van der Waals surface area contributed by atoms with Crippen LogP contribution in [0.2, 0.25) is 0 Å². The Labute approximate surface area is 188 Å². The Hall–Kier alpha value is -4.14. The van der Waals surface area contributed by atoms with Crippen LogP contribution in [0.5, 0.6) is 0 Å². The van der Waals surface area contributed by atoms with Crippen molar-refractivity contribution in [2.75, 3.05) is 24.3 Å². The number of hydrogen-bond acceptors (Lipinski definition) is 7. The molecule has 0 bridgehead atoms. The van der Waals surface area contributed by atoms with Crippen molar-refractivity contribution >= 4 is 28.8 Å². The van der Waals surface area contributed by atoms with Crippen molar-refractivity contribution in [3.8, 4) is 11.1 Å². The highest BCUT2D eigenvalue weighted by atomic mass is 19.1. The number of anilines is 2. The number of hydrogen-bond donors (Lipinski definition) is 2. The van der Waals surface area contributed by atoms with Crippen LogP contribution in [0.3, 0.4) is 0 Å². The summed E-state index contributed by atoms with van der Waals surface area (Å²) in [6.45, 7) is 1.73. The van der Waals surface area contributed by atoms with Crippen LogP contribution in [0.1, 0.15) is 24.3 Å². The Morgan fingerprint density at radius 3 is 2.61 bits per heavy atom. The fraction of sp³-hybridized carbons (Fsp3) is 0.167. The Morgan fingerprint density at radius 2 is 1.91 bits per heavy atom. The first-order valence-corrected chi connectivity index (χ1v) is 10.1. The lowest BCUT2D eigenvalue weighted by molar-refractivity contribution is 0.512. The van der Waals surface area contributed by atoms with Gasteiger partial charge in [-0.15, -0.1) is 0 Å². The molecule has 2 aromatic carbocycles. The summed E-state index contributed by atoms with van der Waals surface area (Å²) in [5.41, 5.74) is 0.225. The molecule has 0 aliphatic heterocycles. The lowest BCUT2D eigenvalue weighted by Crippen LogP contribution is -2.19. The minimum absolute atomic E-state index is 0.0467. The first kappa shape index (κ1) is 22.1. The molecule has 0 fully saturated rings. The molecule has 1 unspecified atom stereocenters. The highest BCUT2D eigenvalue weighted by Gasteiger charge is 2.24. The smallest absolute Gasteiger partial charge is 0.203 e. The van der Waals surface area contributed by atoms with Crippen molar-refractivity contribution < 1.29 is 13.2 Å². The molecule has 0 aliphatic rings. The van der Waals surface area contributed by atoms with E-state index < -0.39 is 23.1 Å².